The van der Waals surface area contributed by atoms with Gasteiger partial charge in [-0.05, 0) is 68.7 Å². The van der Waals surface area contributed by atoms with Gasteiger partial charge in [0.15, 0.2) is 0 Å². The fraction of sp³-hybridized carbons (Fsp3) is 0.316. The van der Waals surface area contributed by atoms with Crippen molar-refractivity contribution in [2.24, 2.45) is 0 Å². The number of aryl methyl sites for hydroxylation is 3. The summed E-state index contributed by atoms with van der Waals surface area (Å²) in [6.07, 6.45) is 0. The number of sulfonamides is 1. The van der Waals surface area contributed by atoms with Crippen molar-refractivity contribution in [2.45, 2.75) is 38.6 Å². The number of hydrogen-bond donors (Lipinski definition) is 2. The molecule has 0 saturated carbocycles. The molecule has 1 atom stereocenters. The van der Waals surface area contributed by atoms with Gasteiger partial charge in [-0.25, -0.2) is 8.42 Å². The van der Waals surface area contributed by atoms with Gasteiger partial charge in [-0.15, -0.1) is 0 Å². The van der Waals surface area contributed by atoms with Crippen molar-refractivity contribution in [1.29, 1.82) is 0 Å². The fourth-order valence-corrected chi connectivity index (χ4v) is 3.77. The SMILES string of the molecule is COc1ccc(S(=O)(=O)N[C@H](C)C(=O)Nc2cc(C)ccc2C)cc1C. The van der Waals surface area contributed by atoms with E-state index in [1.165, 1.54) is 26.2 Å². The van der Waals surface area contributed by atoms with Gasteiger partial charge in [-0.2, -0.15) is 4.72 Å². The highest BCUT2D eigenvalue weighted by Crippen LogP contribution is 2.21. The van der Waals surface area contributed by atoms with Gasteiger partial charge in [0.1, 0.15) is 5.75 Å². The Bertz CT molecular complexity index is 923. The molecule has 0 aliphatic rings. The predicted octanol–water partition coefficient (Wildman–Crippen LogP) is 2.93. The summed E-state index contributed by atoms with van der Waals surface area (Å²) in [7, 11) is -2.31. The lowest BCUT2D eigenvalue weighted by Crippen LogP contribution is -2.41. The lowest BCUT2D eigenvalue weighted by Gasteiger charge is -2.16. The number of hydrogen-bond acceptors (Lipinski definition) is 4. The Morgan fingerprint density at radius 3 is 2.35 bits per heavy atom. The maximum Gasteiger partial charge on any atom is 0.242 e. The number of benzene rings is 2. The second kappa shape index (κ2) is 7.88. The highest BCUT2D eigenvalue weighted by Gasteiger charge is 2.23. The third kappa shape index (κ3) is 4.62. The lowest BCUT2D eigenvalue weighted by atomic mass is 10.1. The van der Waals surface area contributed by atoms with E-state index in [4.69, 9.17) is 4.74 Å². The van der Waals surface area contributed by atoms with E-state index >= 15 is 0 Å². The summed E-state index contributed by atoms with van der Waals surface area (Å²) < 4.78 is 32.6. The highest BCUT2D eigenvalue weighted by molar-refractivity contribution is 7.89. The second-order valence-corrected chi connectivity index (χ2v) is 8.00. The fourth-order valence-electron chi connectivity index (χ4n) is 2.48. The van der Waals surface area contributed by atoms with Crippen molar-refractivity contribution in [3.05, 3.63) is 53.1 Å². The Morgan fingerprint density at radius 1 is 1.04 bits per heavy atom. The number of carbonyl (C=O) groups is 1. The smallest absolute Gasteiger partial charge is 0.242 e. The van der Waals surface area contributed by atoms with Gasteiger partial charge in [0.2, 0.25) is 15.9 Å². The van der Waals surface area contributed by atoms with Gasteiger partial charge in [0, 0.05) is 5.69 Å². The summed E-state index contributed by atoms with van der Waals surface area (Å²) in [6, 6.07) is 9.32. The van der Waals surface area contributed by atoms with Gasteiger partial charge in [0.25, 0.3) is 0 Å². The Hall–Kier alpha value is -2.38. The molecule has 0 unspecified atom stereocenters. The van der Waals surface area contributed by atoms with E-state index in [-0.39, 0.29) is 4.90 Å². The summed E-state index contributed by atoms with van der Waals surface area (Å²) in [5.74, 6) is 0.178. The van der Waals surface area contributed by atoms with E-state index in [9.17, 15) is 13.2 Å². The Balaban J connectivity index is 2.14. The van der Waals surface area contributed by atoms with Gasteiger partial charge >= 0.3 is 0 Å². The molecule has 2 aromatic carbocycles. The third-order valence-electron chi connectivity index (χ3n) is 4.05. The Morgan fingerprint density at radius 2 is 1.73 bits per heavy atom. The Kier molecular flexibility index (Phi) is 6.05. The summed E-state index contributed by atoms with van der Waals surface area (Å²) in [5, 5.41) is 2.77. The van der Waals surface area contributed by atoms with Crippen LogP contribution in [0.25, 0.3) is 0 Å². The molecule has 0 heterocycles. The summed E-state index contributed by atoms with van der Waals surface area (Å²) in [6.45, 7) is 7.07. The molecular formula is C19H24N2O4S. The minimum absolute atomic E-state index is 0.0854. The third-order valence-corrected chi connectivity index (χ3v) is 5.59. The van der Waals surface area contributed by atoms with Crippen LogP contribution in [-0.2, 0) is 14.8 Å². The predicted molar refractivity (Wildman–Crippen MR) is 102 cm³/mol. The maximum atomic E-state index is 12.5. The molecular weight excluding hydrogens is 352 g/mol. The number of carbonyl (C=O) groups excluding carboxylic acids is 1. The van der Waals surface area contributed by atoms with Crippen LogP contribution in [0, 0.1) is 20.8 Å². The standard InChI is InChI=1S/C19H24N2O4S/c1-12-6-7-13(2)17(10-12)20-19(22)15(4)21-26(23,24)16-8-9-18(25-5)14(3)11-16/h6-11,15,21H,1-5H3,(H,20,22)/t15-/m1/s1. The quantitative estimate of drug-likeness (QED) is 0.812. The number of anilines is 1. The average Bonchev–Trinajstić information content (AvgIpc) is 2.57. The van der Waals surface area contributed by atoms with E-state index in [0.29, 0.717) is 17.0 Å². The largest absolute Gasteiger partial charge is 0.496 e. The van der Waals surface area contributed by atoms with Crippen LogP contribution < -0.4 is 14.8 Å². The van der Waals surface area contributed by atoms with Crippen molar-refractivity contribution in [1.82, 2.24) is 4.72 Å². The van der Waals surface area contributed by atoms with Crippen LogP contribution in [0.15, 0.2) is 41.3 Å². The van der Waals surface area contributed by atoms with Gasteiger partial charge in [-0.1, -0.05) is 12.1 Å². The molecule has 26 heavy (non-hydrogen) atoms. The van der Waals surface area contributed by atoms with E-state index in [0.717, 1.165) is 11.1 Å². The first-order valence-corrected chi connectivity index (χ1v) is 9.67. The van der Waals surface area contributed by atoms with Crippen LogP contribution in [0.5, 0.6) is 5.75 Å². The Labute approximate surface area is 154 Å². The molecule has 0 bridgehead atoms. The molecule has 2 N–H and O–H groups in total. The molecule has 2 rings (SSSR count). The molecule has 0 saturated heterocycles. The molecule has 0 aliphatic carbocycles. The normalized spacial score (nSPS) is 12.5. The van der Waals surface area contributed by atoms with Gasteiger partial charge < -0.3 is 10.1 Å². The maximum absolute atomic E-state index is 12.5. The van der Waals surface area contributed by atoms with Crippen molar-refractivity contribution in [2.75, 3.05) is 12.4 Å². The molecule has 1 amide bonds. The van der Waals surface area contributed by atoms with Crippen molar-refractivity contribution < 1.29 is 17.9 Å². The first kappa shape index (κ1) is 19.9. The molecule has 6 nitrogen and oxygen atoms in total. The van der Waals surface area contributed by atoms with Crippen LogP contribution in [0.4, 0.5) is 5.69 Å². The van der Waals surface area contributed by atoms with Crippen molar-refractivity contribution in [3.8, 4) is 5.75 Å². The summed E-state index contributed by atoms with van der Waals surface area (Å²) in [4.78, 5) is 12.5. The van der Waals surface area contributed by atoms with Crippen molar-refractivity contribution >= 4 is 21.6 Å². The first-order valence-electron chi connectivity index (χ1n) is 8.19. The molecule has 0 spiro atoms. The summed E-state index contributed by atoms with van der Waals surface area (Å²) in [5.41, 5.74) is 3.28. The van der Waals surface area contributed by atoms with Crippen LogP contribution in [0.1, 0.15) is 23.6 Å². The first-order chi connectivity index (χ1) is 12.1. The minimum Gasteiger partial charge on any atom is -0.496 e. The number of amides is 1. The lowest BCUT2D eigenvalue weighted by molar-refractivity contribution is -0.117. The van der Waals surface area contributed by atoms with Crippen LogP contribution in [0.2, 0.25) is 0 Å². The molecule has 0 radical (unpaired) electrons. The number of methoxy groups -OCH3 is 1. The van der Waals surface area contributed by atoms with Gasteiger partial charge in [-0.3, -0.25) is 4.79 Å². The van der Waals surface area contributed by atoms with E-state index < -0.39 is 22.0 Å². The number of rotatable bonds is 6. The van der Waals surface area contributed by atoms with Crippen LogP contribution in [-0.4, -0.2) is 27.5 Å². The molecule has 0 fully saturated rings. The van der Waals surface area contributed by atoms with E-state index in [1.54, 1.807) is 13.0 Å². The molecule has 2 aromatic rings. The highest BCUT2D eigenvalue weighted by atomic mass is 32.2. The van der Waals surface area contributed by atoms with Crippen LogP contribution >= 0.6 is 0 Å². The van der Waals surface area contributed by atoms with E-state index in [2.05, 4.69) is 10.0 Å². The topological polar surface area (TPSA) is 84.5 Å². The molecule has 0 aliphatic heterocycles. The van der Waals surface area contributed by atoms with Crippen molar-refractivity contribution in [3.63, 3.8) is 0 Å². The monoisotopic (exact) mass is 376 g/mol. The average molecular weight is 376 g/mol. The number of ether oxygens (including phenoxy) is 1. The van der Waals surface area contributed by atoms with Gasteiger partial charge in [0.05, 0.1) is 18.0 Å². The zero-order valence-corrected chi connectivity index (χ0v) is 16.4. The van der Waals surface area contributed by atoms with E-state index in [1.807, 2.05) is 32.0 Å². The molecule has 140 valence electrons. The minimum atomic E-state index is -3.83. The number of nitrogens with one attached hydrogen (secondary N) is 2. The van der Waals surface area contributed by atoms with Crippen LogP contribution in [0.3, 0.4) is 0 Å². The zero-order valence-electron chi connectivity index (χ0n) is 15.6. The molecule has 0 aromatic heterocycles. The second-order valence-electron chi connectivity index (χ2n) is 6.28. The summed E-state index contributed by atoms with van der Waals surface area (Å²) >= 11 is 0. The zero-order chi connectivity index (χ0) is 19.5. The molecule has 7 heteroatoms.